The van der Waals surface area contributed by atoms with E-state index < -0.39 is 0 Å². The van der Waals surface area contributed by atoms with Crippen molar-refractivity contribution in [3.05, 3.63) is 35.9 Å². The number of rotatable bonds is 5. The van der Waals surface area contributed by atoms with Gasteiger partial charge < -0.3 is 10.2 Å². The van der Waals surface area contributed by atoms with E-state index in [0.29, 0.717) is 13.0 Å². The van der Waals surface area contributed by atoms with Gasteiger partial charge in [-0.1, -0.05) is 30.3 Å². The van der Waals surface area contributed by atoms with E-state index in [2.05, 4.69) is 10.2 Å². The van der Waals surface area contributed by atoms with E-state index >= 15 is 0 Å². The van der Waals surface area contributed by atoms with Crippen LogP contribution >= 0.6 is 0 Å². The summed E-state index contributed by atoms with van der Waals surface area (Å²) in [5, 5.41) is 2.94. The molecule has 1 aliphatic heterocycles. The predicted octanol–water partition coefficient (Wildman–Crippen LogP) is 1.40. The number of amides is 1. The summed E-state index contributed by atoms with van der Waals surface area (Å²) in [5.74, 6) is 0.149. The Morgan fingerprint density at radius 2 is 2.00 bits per heavy atom. The van der Waals surface area contributed by atoms with Crippen molar-refractivity contribution < 1.29 is 4.79 Å². The van der Waals surface area contributed by atoms with Crippen molar-refractivity contribution in [2.24, 2.45) is 0 Å². The van der Waals surface area contributed by atoms with Gasteiger partial charge in [-0.05, 0) is 25.1 Å². The van der Waals surface area contributed by atoms with Crippen LogP contribution in [0.4, 0.5) is 0 Å². The molecular weight excluding hydrogens is 200 g/mol. The quantitative estimate of drug-likeness (QED) is 0.810. The van der Waals surface area contributed by atoms with Crippen LogP contribution in [0.1, 0.15) is 18.4 Å². The molecule has 1 amide bonds. The molecular formula is C13H18N2O. The Kier molecular flexibility index (Phi) is 3.94. The fraction of sp³-hybridized carbons (Fsp3) is 0.462. The number of likely N-dealkylation sites (tertiary alicyclic amines) is 1. The fourth-order valence-electron chi connectivity index (χ4n) is 1.75. The van der Waals surface area contributed by atoms with Gasteiger partial charge in [-0.25, -0.2) is 0 Å². The SMILES string of the molecule is O=C(CCN1CCC1)NCc1ccccc1. The van der Waals surface area contributed by atoms with E-state index in [1.807, 2.05) is 30.3 Å². The zero-order valence-corrected chi connectivity index (χ0v) is 9.48. The monoisotopic (exact) mass is 218 g/mol. The summed E-state index contributed by atoms with van der Waals surface area (Å²) in [4.78, 5) is 13.8. The predicted molar refractivity (Wildman–Crippen MR) is 64.0 cm³/mol. The molecule has 1 aromatic carbocycles. The molecule has 1 aliphatic rings. The van der Waals surface area contributed by atoms with Crippen LogP contribution < -0.4 is 5.32 Å². The smallest absolute Gasteiger partial charge is 0.221 e. The standard InChI is InChI=1S/C13H18N2O/c16-13(7-10-15-8-4-9-15)14-11-12-5-2-1-3-6-12/h1-3,5-6H,4,7-11H2,(H,14,16). The maximum atomic E-state index is 11.5. The summed E-state index contributed by atoms with van der Waals surface area (Å²) in [7, 11) is 0. The first-order valence-corrected chi connectivity index (χ1v) is 5.87. The van der Waals surface area contributed by atoms with Crippen LogP contribution in [-0.2, 0) is 11.3 Å². The van der Waals surface area contributed by atoms with Gasteiger partial charge in [0.1, 0.15) is 0 Å². The molecule has 2 rings (SSSR count). The summed E-state index contributed by atoms with van der Waals surface area (Å²) in [6.07, 6.45) is 1.90. The number of carbonyl (C=O) groups is 1. The van der Waals surface area contributed by atoms with Crippen LogP contribution in [-0.4, -0.2) is 30.4 Å². The average molecular weight is 218 g/mol. The highest BCUT2D eigenvalue weighted by atomic mass is 16.1. The first kappa shape index (κ1) is 11.1. The van der Waals surface area contributed by atoms with Gasteiger partial charge >= 0.3 is 0 Å². The number of nitrogens with one attached hydrogen (secondary N) is 1. The van der Waals surface area contributed by atoms with Crippen molar-refractivity contribution in [2.75, 3.05) is 19.6 Å². The molecule has 0 saturated carbocycles. The number of benzene rings is 1. The minimum absolute atomic E-state index is 0.149. The van der Waals surface area contributed by atoms with Crippen LogP contribution in [0.3, 0.4) is 0 Å². The second-order valence-electron chi connectivity index (χ2n) is 4.21. The average Bonchev–Trinajstić information content (AvgIpc) is 2.26. The van der Waals surface area contributed by atoms with Crippen molar-refractivity contribution in [3.8, 4) is 0 Å². The van der Waals surface area contributed by atoms with Gasteiger partial charge in [0.05, 0.1) is 0 Å². The van der Waals surface area contributed by atoms with Crippen molar-refractivity contribution in [2.45, 2.75) is 19.4 Å². The molecule has 3 heteroatoms. The molecule has 0 spiro atoms. The number of hydrogen-bond acceptors (Lipinski definition) is 2. The van der Waals surface area contributed by atoms with Crippen molar-refractivity contribution in [1.29, 1.82) is 0 Å². The Labute approximate surface area is 96.5 Å². The van der Waals surface area contributed by atoms with Crippen molar-refractivity contribution in [1.82, 2.24) is 10.2 Å². The molecule has 0 bridgehead atoms. The Morgan fingerprint density at radius 1 is 1.25 bits per heavy atom. The highest BCUT2D eigenvalue weighted by Crippen LogP contribution is 2.05. The van der Waals surface area contributed by atoms with E-state index in [0.717, 1.165) is 25.2 Å². The fourth-order valence-corrected chi connectivity index (χ4v) is 1.75. The molecule has 1 heterocycles. The lowest BCUT2D eigenvalue weighted by atomic mass is 10.2. The first-order valence-electron chi connectivity index (χ1n) is 5.87. The highest BCUT2D eigenvalue weighted by molar-refractivity contribution is 5.76. The Balaban J connectivity index is 1.63. The van der Waals surface area contributed by atoms with E-state index in [9.17, 15) is 4.79 Å². The van der Waals surface area contributed by atoms with Gasteiger partial charge in [-0.3, -0.25) is 4.79 Å². The summed E-state index contributed by atoms with van der Waals surface area (Å²) in [6, 6.07) is 10.0. The lowest BCUT2D eigenvalue weighted by Crippen LogP contribution is -2.39. The molecule has 1 fully saturated rings. The third-order valence-electron chi connectivity index (χ3n) is 2.94. The molecule has 0 atom stereocenters. The number of nitrogens with zero attached hydrogens (tertiary/aromatic N) is 1. The normalized spacial score (nSPS) is 15.5. The van der Waals surface area contributed by atoms with Crippen LogP contribution in [0.2, 0.25) is 0 Å². The number of hydrogen-bond donors (Lipinski definition) is 1. The molecule has 0 aliphatic carbocycles. The summed E-state index contributed by atoms with van der Waals surface area (Å²) < 4.78 is 0. The minimum Gasteiger partial charge on any atom is -0.352 e. The lowest BCUT2D eigenvalue weighted by Gasteiger charge is -2.30. The highest BCUT2D eigenvalue weighted by Gasteiger charge is 2.14. The Hall–Kier alpha value is -1.35. The molecule has 1 N–H and O–H groups in total. The van der Waals surface area contributed by atoms with Gasteiger partial charge in [-0.15, -0.1) is 0 Å². The minimum atomic E-state index is 0.149. The molecule has 3 nitrogen and oxygen atoms in total. The van der Waals surface area contributed by atoms with Crippen LogP contribution in [0.15, 0.2) is 30.3 Å². The van der Waals surface area contributed by atoms with E-state index in [1.54, 1.807) is 0 Å². The van der Waals surface area contributed by atoms with Crippen LogP contribution in [0, 0.1) is 0 Å². The maximum absolute atomic E-state index is 11.5. The summed E-state index contributed by atoms with van der Waals surface area (Å²) >= 11 is 0. The van der Waals surface area contributed by atoms with Gasteiger partial charge in [-0.2, -0.15) is 0 Å². The van der Waals surface area contributed by atoms with Crippen molar-refractivity contribution >= 4 is 5.91 Å². The summed E-state index contributed by atoms with van der Waals surface area (Å²) in [5.41, 5.74) is 1.15. The van der Waals surface area contributed by atoms with Gasteiger partial charge in [0.25, 0.3) is 0 Å². The summed E-state index contributed by atoms with van der Waals surface area (Å²) in [6.45, 7) is 3.86. The van der Waals surface area contributed by atoms with Crippen LogP contribution in [0.5, 0.6) is 0 Å². The van der Waals surface area contributed by atoms with Crippen molar-refractivity contribution in [3.63, 3.8) is 0 Å². The molecule has 0 radical (unpaired) electrons. The number of carbonyl (C=O) groups excluding carboxylic acids is 1. The topological polar surface area (TPSA) is 32.3 Å². The molecule has 0 unspecified atom stereocenters. The second-order valence-corrected chi connectivity index (χ2v) is 4.21. The Bertz CT molecular complexity index is 333. The molecule has 86 valence electrons. The Morgan fingerprint density at radius 3 is 2.62 bits per heavy atom. The first-order chi connectivity index (χ1) is 7.84. The largest absolute Gasteiger partial charge is 0.352 e. The molecule has 16 heavy (non-hydrogen) atoms. The second kappa shape index (κ2) is 5.66. The lowest BCUT2D eigenvalue weighted by molar-refractivity contribution is -0.121. The third-order valence-corrected chi connectivity index (χ3v) is 2.94. The van der Waals surface area contributed by atoms with E-state index in [1.165, 1.54) is 6.42 Å². The molecule has 0 aromatic heterocycles. The van der Waals surface area contributed by atoms with E-state index in [-0.39, 0.29) is 5.91 Å². The van der Waals surface area contributed by atoms with Gasteiger partial charge in [0.15, 0.2) is 0 Å². The molecule has 1 saturated heterocycles. The maximum Gasteiger partial charge on any atom is 0.221 e. The molecule has 1 aromatic rings. The van der Waals surface area contributed by atoms with E-state index in [4.69, 9.17) is 0 Å². The zero-order chi connectivity index (χ0) is 11.2. The van der Waals surface area contributed by atoms with Gasteiger partial charge in [0, 0.05) is 19.5 Å². The third kappa shape index (κ3) is 3.35. The van der Waals surface area contributed by atoms with Crippen LogP contribution in [0.25, 0.3) is 0 Å². The van der Waals surface area contributed by atoms with Gasteiger partial charge in [0.2, 0.25) is 5.91 Å². The zero-order valence-electron chi connectivity index (χ0n) is 9.48.